The summed E-state index contributed by atoms with van der Waals surface area (Å²) in [6.07, 6.45) is 0. The van der Waals surface area contributed by atoms with Crippen LogP contribution in [-0.4, -0.2) is 15.0 Å². The molecule has 2 heterocycles. The minimum atomic E-state index is -0.479. The Labute approximate surface area is 261 Å². The van der Waals surface area contributed by atoms with Crippen LogP contribution in [0.5, 0.6) is 0 Å². The van der Waals surface area contributed by atoms with Crippen LogP contribution in [0.1, 0.15) is 31.8 Å². The van der Waals surface area contributed by atoms with Crippen LogP contribution in [-0.2, 0) is 5.41 Å². The average Bonchev–Trinajstić information content (AvgIpc) is 3.60. The lowest BCUT2D eigenvalue weighted by Gasteiger charge is -2.24. The normalized spacial score (nSPS) is 15.0. The standard InChI is InChI=1S/C40H27N3O/c1-40(2)33-21-9-8-16-27(33)28-17-10-19-30(35(28)40)38-41-37(24-12-4-3-5-13-24)42-39(43-38)31-20-11-18-29-32-22-25-14-6-7-15-26(25)23-34(32)44-36(29)31/h3-23H,1-2H3/i3D,4D,5D,12D,13D. The first-order valence-corrected chi connectivity index (χ1v) is 14.5. The molecule has 6 aromatic carbocycles. The van der Waals surface area contributed by atoms with Crippen molar-refractivity contribution in [2.24, 2.45) is 0 Å². The van der Waals surface area contributed by atoms with Gasteiger partial charge in [0.25, 0.3) is 0 Å². The van der Waals surface area contributed by atoms with Crippen molar-refractivity contribution in [3.05, 3.63) is 138 Å². The maximum Gasteiger partial charge on any atom is 0.167 e. The fourth-order valence-electron chi connectivity index (χ4n) is 6.78. The van der Waals surface area contributed by atoms with E-state index in [1.54, 1.807) is 0 Å². The first-order valence-electron chi connectivity index (χ1n) is 17.0. The molecule has 0 aliphatic heterocycles. The van der Waals surface area contributed by atoms with Crippen molar-refractivity contribution in [2.75, 3.05) is 0 Å². The van der Waals surface area contributed by atoms with Crippen molar-refractivity contribution in [1.82, 2.24) is 15.0 Å². The molecular formula is C40H27N3O. The van der Waals surface area contributed by atoms with Crippen LogP contribution in [0.4, 0.5) is 0 Å². The highest BCUT2D eigenvalue weighted by Gasteiger charge is 2.38. The number of rotatable bonds is 3. The number of hydrogen-bond donors (Lipinski definition) is 0. The molecule has 0 spiro atoms. The predicted octanol–water partition coefficient (Wildman–Crippen LogP) is 10.2. The second kappa shape index (κ2) is 9.19. The lowest BCUT2D eigenvalue weighted by Crippen LogP contribution is -2.17. The SMILES string of the molecule is [2H]c1c([2H])c([2H])c(-c2nc(-c3cccc4c3C(C)(C)c3ccccc3-4)nc(-c3cccc4c3oc3cc5ccccc5cc34)n2)c([2H])c1[2H]. The summed E-state index contributed by atoms with van der Waals surface area (Å²) in [6.45, 7) is 4.36. The Bertz CT molecular complexity index is 2690. The van der Waals surface area contributed by atoms with Crippen molar-refractivity contribution >= 4 is 32.7 Å². The monoisotopic (exact) mass is 570 g/mol. The summed E-state index contributed by atoms with van der Waals surface area (Å²) in [6, 6.07) is 30.3. The van der Waals surface area contributed by atoms with Crippen LogP contribution in [0.25, 0.3) is 78.0 Å². The predicted molar refractivity (Wildman–Crippen MR) is 178 cm³/mol. The fourth-order valence-corrected chi connectivity index (χ4v) is 6.78. The number of fused-ring (bicyclic) bond motifs is 7. The van der Waals surface area contributed by atoms with E-state index in [0.717, 1.165) is 49.4 Å². The van der Waals surface area contributed by atoms with Crippen molar-refractivity contribution in [3.63, 3.8) is 0 Å². The van der Waals surface area contributed by atoms with Gasteiger partial charge in [0.1, 0.15) is 11.2 Å². The Kier molecular flexibility index (Phi) is 4.25. The van der Waals surface area contributed by atoms with Gasteiger partial charge in [-0.05, 0) is 51.2 Å². The smallest absolute Gasteiger partial charge is 0.167 e. The Morgan fingerprint density at radius 2 is 1.23 bits per heavy atom. The number of furan rings is 1. The van der Waals surface area contributed by atoms with Gasteiger partial charge in [-0.1, -0.05) is 123 Å². The second-order valence-electron chi connectivity index (χ2n) is 11.7. The van der Waals surface area contributed by atoms with E-state index in [9.17, 15) is 0 Å². The zero-order valence-electron chi connectivity index (χ0n) is 29.0. The summed E-state index contributed by atoms with van der Waals surface area (Å²) in [7, 11) is 0. The Morgan fingerprint density at radius 3 is 2.07 bits per heavy atom. The molecule has 0 bridgehead atoms. The van der Waals surface area contributed by atoms with Gasteiger partial charge in [0, 0.05) is 27.3 Å². The third-order valence-electron chi connectivity index (χ3n) is 8.79. The molecule has 2 aromatic heterocycles. The summed E-state index contributed by atoms with van der Waals surface area (Å²) < 4.78 is 49.0. The zero-order chi connectivity index (χ0) is 33.8. The maximum atomic E-state index is 8.78. The summed E-state index contributed by atoms with van der Waals surface area (Å²) in [5, 5.41) is 4.00. The molecule has 0 N–H and O–H groups in total. The van der Waals surface area contributed by atoms with E-state index in [1.807, 2.05) is 66.7 Å². The molecule has 8 aromatic rings. The Balaban J connectivity index is 1.35. The molecule has 0 fully saturated rings. The summed E-state index contributed by atoms with van der Waals surface area (Å²) >= 11 is 0. The highest BCUT2D eigenvalue weighted by molar-refractivity contribution is 6.13. The van der Waals surface area contributed by atoms with Crippen LogP contribution in [0, 0.1) is 0 Å². The summed E-state index contributed by atoms with van der Waals surface area (Å²) in [4.78, 5) is 14.8. The van der Waals surface area contributed by atoms with E-state index in [2.05, 4.69) is 44.2 Å². The molecule has 0 radical (unpaired) electrons. The quantitative estimate of drug-likeness (QED) is 0.212. The minimum absolute atomic E-state index is 0.0122. The molecular weight excluding hydrogens is 538 g/mol. The Hall–Kier alpha value is -5.61. The maximum absolute atomic E-state index is 8.78. The first-order chi connectivity index (χ1) is 23.6. The largest absolute Gasteiger partial charge is 0.455 e. The molecule has 0 atom stereocenters. The molecule has 0 saturated carbocycles. The van der Waals surface area contributed by atoms with Crippen LogP contribution < -0.4 is 0 Å². The van der Waals surface area contributed by atoms with E-state index in [4.69, 9.17) is 26.2 Å². The molecule has 0 saturated heterocycles. The summed E-state index contributed by atoms with van der Waals surface area (Å²) in [5.41, 5.74) is 6.68. The van der Waals surface area contributed by atoms with Crippen molar-refractivity contribution < 1.29 is 11.3 Å². The lowest BCUT2D eigenvalue weighted by molar-refractivity contribution is 0.661. The minimum Gasteiger partial charge on any atom is -0.455 e. The second-order valence-corrected chi connectivity index (χ2v) is 11.7. The molecule has 0 amide bonds. The molecule has 44 heavy (non-hydrogen) atoms. The van der Waals surface area contributed by atoms with Gasteiger partial charge in [-0.3, -0.25) is 0 Å². The average molecular weight is 571 g/mol. The molecule has 1 aliphatic rings. The van der Waals surface area contributed by atoms with Gasteiger partial charge in [-0.15, -0.1) is 0 Å². The van der Waals surface area contributed by atoms with Crippen molar-refractivity contribution in [2.45, 2.75) is 19.3 Å². The third-order valence-corrected chi connectivity index (χ3v) is 8.79. The van der Waals surface area contributed by atoms with Gasteiger partial charge in [0.05, 0.1) is 12.4 Å². The van der Waals surface area contributed by atoms with E-state index >= 15 is 0 Å². The van der Waals surface area contributed by atoms with E-state index in [1.165, 1.54) is 5.56 Å². The topological polar surface area (TPSA) is 51.8 Å². The number of hydrogen-bond acceptors (Lipinski definition) is 4. The van der Waals surface area contributed by atoms with Crippen molar-refractivity contribution in [1.29, 1.82) is 0 Å². The van der Waals surface area contributed by atoms with Crippen LogP contribution in [0.2, 0.25) is 0 Å². The molecule has 0 unspecified atom stereocenters. The molecule has 4 nitrogen and oxygen atoms in total. The van der Waals surface area contributed by atoms with Crippen LogP contribution in [0.3, 0.4) is 0 Å². The summed E-state index contributed by atoms with van der Waals surface area (Å²) in [5.74, 6) is 0.595. The van der Waals surface area contributed by atoms with Gasteiger partial charge in [-0.25, -0.2) is 15.0 Å². The Morgan fingerprint density at radius 1 is 0.591 bits per heavy atom. The zero-order valence-corrected chi connectivity index (χ0v) is 24.0. The highest BCUT2D eigenvalue weighted by Crippen LogP contribution is 2.51. The van der Waals surface area contributed by atoms with E-state index < -0.39 is 18.1 Å². The van der Waals surface area contributed by atoms with Gasteiger partial charge in [-0.2, -0.15) is 0 Å². The highest BCUT2D eigenvalue weighted by atomic mass is 16.3. The van der Waals surface area contributed by atoms with E-state index in [-0.39, 0.29) is 34.7 Å². The van der Waals surface area contributed by atoms with Crippen LogP contribution >= 0.6 is 0 Å². The van der Waals surface area contributed by atoms with Gasteiger partial charge >= 0.3 is 0 Å². The number of para-hydroxylation sites is 1. The number of nitrogens with zero attached hydrogens (tertiary/aromatic N) is 3. The molecule has 208 valence electrons. The lowest BCUT2D eigenvalue weighted by atomic mass is 9.80. The van der Waals surface area contributed by atoms with Gasteiger partial charge in [0.2, 0.25) is 0 Å². The van der Waals surface area contributed by atoms with Crippen LogP contribution in [0.15, 0.2) is 132 Å². The molecule has 4 heteroatoms. The number of benzene rings is 6. The molecule has 1 aliphatic carbocycles. The van der Waals surface area contributed by atoms with E-state index in [0.29, 0.717) is 17.0 Å². The molecule has 9 rings (SSSR count). The van der Waals surface area contributed by atoms with Crippen molar-refractivity contribution in [3.8, 4) is 45.3 Å². The van der Waals surface area contributed by atoms with Gasteiger partial charge in [0.15, 0.2) is 17.5 Å². The fraction of sp³-hybridized carbons (Fsp3) is 0.0750. The third kappa shape index (κ3) is 3.61. The van der Waals surface area contributed by atoms with Gasteiger partial charge < -0.3 is 4.42 Å². The first kappa shape index (κ1) is 20.3. The number of aromatic nitrogens is 3.